The van der Waals surface area contributed by atoms with Crippen LogP contribution in [0.2, 0.25) is 0 Å². The predicted octanol–water partition coefficient (Wildman–Crippen LogP) is 1.84. The van der Waals surface area contributed by atoms with E-state index < -0.39 is 0 Å². The fraction of sp³-hybridized carbons (Fsp3) is 0.250. The second kappa shape index (κ2) is 7.93. The topological polar surface area (TPSA) is 123 Å². The number of rotatable bonds is 4. The Morgan fingerprint density at radius 3 is 2.46 bits per heavy atom. The van der Waals surface area contributed by atoms with Crippen molar-refractivity contribution in [3.8, 4) is 5.75 Å². The van der Waals surface area contributed by atoms with Crippen LogP contribution in [0.3, 0.4) is 0 Å². The summed E-state index contributed by atoms with van der Waals surface area (Å²) in [6.07, 6.45) is 3.78. The zero-order valence-electron chi connectivity index (χ0n) is 14.7. The minimum Gasteiger partial charge on any atom is -0.507 e. The molecule has 0 unspecified atom stereocenters. The standard InChI is InChI=1S/C20H25N5O/c21-16(14-4-1-2-7-19(14)26)12-15(20(22)23)18-6-3-5-17(25-18)13-8-10-24-11-9-13/h1-7,12-13,24,26H,8-11,21-23H2/b16-12-. The van der Waals surface area contributed by atoms with Crippen LogP contribution in [0.5, 0.6) is 5.75 Å². The lowest BCUT2D eigenvalue weighted by Gasteiger charge is -2.22. The van der Waals surface area contributed by atoms with Crippen molar-refractivity contribution in [2.24, 2.45) is 17.2 Å². The van der Waals surface area contributed by atoms with E-state index in [9.17, 15) is 5.11 Å². The van der Waals surface area contributed by atoms with Crippen LogP contribution in [0.25, 0.3) is 11.3 Å². The highest BCUT2D eigenvalue weighted by atomic mass is 16.3. The molecule has 0 saturated carbocycles. The molecule has 0 bridgehead atoms. The lowest BCUT2D eigenvalue weighted by Crippen LogP contribution is -2.27. The van der Waals surface area contributed by atoms with Crippen LogP contribution in [0.15, 0.2) is 54.4 Å². The van der Waals surface area contributed by atoms with Crippen molar-refractivity contribution in [3.05, 3.63) is 71.3 Å². The summed E-state index contributed by atoms with van der Waals surface area (Å²) < 4.78 is 0. The smallest absolute Gasteiger partial charge is 0.124 e. The van der Waals surface area contributed by atoms with Crippen molar-refractivity contribution in [1.29, 1.82) is 0 Å². The second-order valence-corrected chi connectivity index (χ2v) is 6.46. The van der Waals surface area contributed by atoms with Crippen molar-refractivity contribution < 1.29 is 5.11 Å². The first-order chi connectivity index (χ1) is 12.6. The maximum atomic E-state index is 10.00. The number of hydrogen-bond acceptors (Lipinski definition) is 6. The van der Waals surface area contributed by atoms with Gasteiger partial charge in [-0.05, 0) is 56.3 Å². The van der Waals surface area contributed by atoms with Crippen molar-refractivity contribution in [2.75, 3.05) is 13.1 Å². The van der Waals surface area contributed by atoms with E-state index in [1.165, 1.54) is 0 Å². The number of aromatic hydroxyl groups is 1. The highest BCUT2D eigenvalue weighted by Crippen LogP contribution is 2.27. The zero-order valence-corrected chi connectivity index (χ0v) is 14.7. The van der Waals surface area contributed by atoms with Crippen LogP contribution in [0.1, 0.15) is 35.7 Å². The molecule has 3 rings (SSSR count). The van der Waals surface area contributed by atoms with Crippen LogP contribution >= 0.6 is 0 Å². The number of allylic oxidation sites excluding steroid dienone is 2. The summed E-state index contributed by atoms with van der Waals surface area (Å²) in [5.74, 6) is 0.668. The van der Waals surface area contributed by atoms with Crippen LogP contribution in [0.4, 0.5) is 0 Å². The molecule has 1 aliphatic heterocycles. The number of para-hydroxylation sites is 1. The summed E-state index contributed by atoms with van der Waals surface area (Å²) in [7, 11) is 0. The molecule has 6 nitrogen and oxygen atoms in total. The van der Waals surface area contributed by atoms with Gasteiger partial charge in [-0.3, -0.25) is 4.98 Å². The second-order valence-electron chi connectivity index (χ2n) is 6.46. The Kier molecular flexibility index (Phi) is 5.43. The number of hydrogen-bond donors (Lipinski definition) is 5. The van der Waals surface area contributed by atoms with Crippen LogP contribution < -0.4 is 22.5 Å². The number of nitrogens with two attached hydrogens (primary N) is 3. The monoisotopic (exact) mass is 351 g/mol. The first-order valence-electron chi connectivity index (χ1n) is 8.75. The van der Waals surface area contributed by atoms with E-state index in [1.807, 2.05) is 18.2 Å². The Morgan fingerprint density at radius 2 is 1.77 bits per heavy atom. The van der Waals surface area contributed by atoms with Gasteiger partial charge in [0.1, 0.15) is 11.6 Å². The molecule has 2 aromatic rings. The van der Waals surface area contributed by atoms with Gasteiger partial charge in [0.2, 0.25) is 0 Å². The Bertz CT molecular complexity index is 834. The normalized spacial score (nSPS) is 15.6. The third-order valence-corrected chi connectivity index (χ3v) is 4.63. The van der Waals surface area contributed by atoms with Gasteiger partial charge in [-0.2, -0.15) is 0 Å². The van der Waals surface area contributed by atoms with Gasteiger partial charge in [-0.15, -0.1) is 0 Å². The molecule has 1 fully saturated rings. The van der Waals surface area contributed by atoms with Crippen LogP contribution in [-0.4, -0.2) is 23.2 Å². The molecule has 0 amide bonds. The quantitative estimate of drug-likeness (QED) is 0.536. The average molecular weight is 351 g/mol. The van der Waals surface area contributed by atoms with Gasteiger partial charge in [0.25, 0.3) is 0 Å². The molecule has 1 saturated heterocycles. The maximum Gasteiger partial charge on any atom is 0.124 e. The zero-order chi connectivity index (χ0) is 18.5. The van der Waals surface area contributed by atoms with Crippen molar-refractivity contribution >= 4 is 11.3 Å². The van der Waals surface area contributed by atoms with Crippen molar-refractivity contribution in [3.63, 3.8) is 0 Å². The number of aromatic nitrogens is 1. The Hall–Kier alpha value is -2.99. The molecule has 8 N–H and O–H groups in total. The van der Waals surface area contributed by atoms with E-state index in [2.05, 4.69) is 5.32 Å². The molecule has 6 heteroatoms. The molecule has 136 valence electrons. The summed E-state index contributed by atoms with van der Waals surface area (Å²) in [4.78, 5) is 4.78. The molecule has 1 aromatic heterocycles. The van der Waals surface area contributed by atoms with Gasteiger partial charge in [0, 0.05) is 28.4 Å². The van der Waals surface area contributed by atoms with E-state index >= 15 is 0 Å². The van der Waals surface area contributed by atoms with Crippen LogP contribution in [0, 0.1) is 0 Å². The SMILES string of the molecule is NC(N)=C(/C=C(\N)c1ccccc1O)c1cccc(C2CCNCC2)n1. The third kappa shape index (κ3) is 3.97. The lowest BCUT2D eigenvalue weighted by molar-refractivity contribution is 0.453. The maximum absolute atomic E-state index is 10.00. The highest BCUT2D eigenvalue weighted by molar-refractivity contribution is 5.84. The van der Waals surface area contributed by atoms with E-state index in [4.69, 9.17) is 22.2 Å². The summed E-state index contributed by atoms with van der Waals surface area (Å²) >= 11 is 0. The molecule has 26 heavy (non-hydrogen) atoms. The fourth-order valence-electron chi connectivity index (χ4n) is 3.20. The number of benzene rings is 1. The molecule has 0 radical (unpaired) electrons. The average Bonchev–Trinajstić information content (AvgIpc) is 2.67. The summed E-state index contributed by atoms with van der Waals surface area (Å²) in [5, 5.41) is 13.4. The van der Waals surface area contributed by atoms with E-state index in [-0.39, 0.29) is 11.6 Å². The van der Waals surface area contributed by atoms with Crippen molar-refractivity contribution in [1.82, 2.24) is 10.3 Å². The summed E-state index contributed by atoms with van der Waals surface area (Å²) in [6, 6.07) is 12.7. The highest BCUT2D eigenvalue weighted by Gasteiger charge is 2.17. The fourth-order valence-corrected chi connectivity index (χ4v) is 3.20. The lowest BCUT2D eigenvalue weighted by atomic mass is 9.93. The number of pyridine rings is 1. The van der Waals surface area contributed by atoms with Crippen molar-refractivity contribution in [2.45, 2.75) is 18.8 Å². The third-order valence-electron chi connectivity index (χ3n) is 4.63. The summed E-state index contributed by atoms with van der Waals surface area (Å²) in [6.45, 7) is 2.00. The Labute approximate surface area is 153 Å². The molecular weight excluding hydrogens is 326 g/mol. The first kappa shape index (κ1) is 17.8. The van der Waals surface area contributed by atoms with Gasteiger partial charge >= 0.3 is 0 Å². The molecule has 1 aliphatic rings. The molecule has 0 atom stereocenters. The number of piperidine rings is 1. The van der Waals surface area contributed by atoms with Gasteiger partial charge in [0.05, 0.1) is 5.69 Å². The number of nitrogens with zero attached hydrogens (tertiary/aromatic N) is 1. The minimum atomic E-state index is 0.104. The van der Waals surface area contributed by atoms with Gasteiger partial charge in [-0.1, -0.05) is 18.2 Å². The Morgan fingerprint density at radius 1 is 1.04 bits per heavy atom. The minimum absolute atomic E-state index is 0.104. The molecule has 2 heterocycles. The molecule has 0 spiro atoms. The largest absolute Gasteiger partial charge is 0.507 e. The molecular formula is C20H25N5O. The van der Waals surface area contributed by atoms with Crippen LogP contribution in [-0.2, 0) is 0 Å². The number of nitrogens with one attached hydrogen (secondary N) is 1. The van der Waals surface area contributed by atoms with E-state index in [1.54, 1.807) is 30.3 Å². The predicted molar refractivity (Wildman–Crippen MR) is 105 cm³/mol. The van der Waals surface area contributed by atoms with Gasteiger partial charge in [0.15, 0.2) is 0 Å². The summed E-state index contributed by atoms with van der Waals surface area (Å²) in [5.41, 5.74) is 21.2. The molecule has 1 aromatic carbocycles. The Balaban J connectivity index is 1.95. The van der Waals surface area contributed by atoms with Gasteiger partial charge in [-0.25, -0.2) is 0 Å². The van der Waals surface area contributed by atoms with Gasteiger partial charge < -0.3 is 27.6 Å². The van der Waals surface area contributed by atoms with E-state index in [0.29, 0.717) is 28.4 Å². The number of phenols is 1. The number of phenolic OH excluding ortho intramolecular Hbond substituents is 1. The first-order valence-corrected chi connectivity index (χ1v) is 8.75. The molecule has 0 aliphatic carbocycles. The van der Waals surface area contributed by atoms with E-state index in [0.717, 1.165) is 31.6 Å².